The van der Waals surface area contributed by atoms with Gasteiger partial charge >= 0.3 is 5.97 Å². The van der Waals surface area contributed by atoms with Gasteiger partial charge in [-0.05, 0) is 25.1 Å². The van der Waals surface area contributed by atoms with E-state index in [0.29, 0.717) is 22.2 Å². The molecule has 0 unspecified atom stereocenters. The third-order valence-corrected chi connectivity index (χ3v) is 3.44. The summed E-state index contributed by atoms with van der Waals surface area (Å²) in [5.74, 6) is 0.205. The maximum Gasteiger partial charge on any atom is 0.361 e. The molecule has 5 heteroatoms. The number of oxazole rings is 1. The fraction of sp³-hybridized carbons (Fsp3) is 0.111. The van der Waals surface area contributed by atoms with Crippen molar-refractivity contribution in [3.8, 4) is 22.8 Å². The third-order valence-electron chi connectivity index (χ3n) is 3.20. The van der Waals surface area contributed by atoms with Crippen molar-refractivity contribution in [1.29, 1.82) is 0 Å². The van der Waals surface area contributed by atoms with E-state index in [1.54, 1.807) is 25.1 Å². The second-order valence-corrected chi connectivity index (χ2v) is 5.23. The van der Waals surface area contributed by atoms with Gasteiger partial charge in [0, 0.05) is 16.1 Å². The number of hydrogen-bond donors (Lipinski definition) is 0. The summed E-state index contributed by atoms with van der Waals surface area (Å²) in [4.78, 5) is 16.5. The van der Waals surface area contributed by atoms with Crippen LogP contribution < -0.4 is 0 Å². The van der Waals surface area contributed by atoms with E-state index in [2.05, 4.69) is 4.98 Å². The molecule has 3 aromatic rings. The van der Waals surface area contributed by atoms with Gasteiger partial charge in [0.1, 0.15) is 0 Å². The normalized spacial score (nSPS) is 10.5. The van der Waals surface area contributed by atoms with E-state index < -0.39 is 5.97 Å². The van der Waals surface area contributed by atoms with Crippen molar-refractivity contribution in [3.63, 3.8) is 0 Å². The average Bonchev–Trinajstić information content (AvgIpc) is 3.01. The molecular formula is C18H14ClNO3. The summed E-state index contributed by atoms with van der Waals surface area (Å²) in [5.41, 5.74) is 1.62. The summed E-state index contributed by atoms with van der Waals surface area (Å²) in [7, 11) is 0. The summed E-state index contributed by atoms with van der Waals surface area (Å²) in [6.07, 6.45) is 0. The van der Waals surface area contributed by atoms with Crippen LogP contribution in [0.15, 0.2) is 59.0 Å². The Labute approximate surface area is 138 Å². The lowest BCUT2D eigenvalue weighted by molar-refractivity contribution is 0.0520. The zero-order chi connectivity index (χ0) is 16.2. The SMILES string of the molecule is CCOC(=O)c1nc(-c2cccc(Cl)c2)oc1-c1ccccc1. The van der Waals surface area contributed by atoms with Crippen molar-refractivity contribution < 1.29 is 13.9 Å². The van der Waals surface area contributed by atoms with E-state index in [4.69, 9.17) is 20.8 Å². The van der Waals surface area contributed by atoms with Crippen LogP contribution >= 0.6 is 11.6 Å². The summed E-state index contributed by atoms with van der Waals surface area (Å²) in [6.45, 7) is 2.02. The lowest BCUT2D eigenvalue weighted by Gasteiger charge is -2.00. The summed E-state index contributed by atoms with van der Waals surface area (Å²) in [5, 5.41) is 0.569. The molecule has 0 fully saturated rings. The minimum absolute atomic E-state index is 0.160. The Kier molecular flexibility index (Phi) is 4.44. The van der Waals surface area contributed by atoms with E-state index in [0.717, 1.165) is 5.56 Å². The van der Waals surface area contributed by atoms with E-state index in [1.165, 1.54) is 0 Å². The van der Waals surface area contributed by atoms with E-state index >= 15 is 0 Å². The standard InChI is InChI=1S/C18H14ClNO3/c1-2-22-18(21)15-16(12-7-4-3-5-8-12)23-17(20-15)13-9-6-10-14(19)11-13/h3-11H,2H2,1H3. The van der Waals surface area contributed by atoms with Gasteiger partial charge in [-0.3, -0.25) is 0 Å². The molecule has 0 aliphatic heterocycles. The Balaban J connectivity index is 2.12. The smallest absolute Gasteiger partial charge is 0.361 e. The van der Waals surface area contributed by atoms with Gasteiger partial charge in [-0.1, -0.05) is 48.0 Å². The quantitative estimate of drug-likeness (QED) is 0.643. The first kappa shape index (κ1) is 15.3. The molecule has 0 aliphatic rings. The lowest BCUT2D eigenvalue weighted by atomic mass is 10.1. The second-order valence-electron chi connectivity index (χ2n) is 4.79. The van der Waals surface area contributed by atoms with Crippen molar-refractivity contribution in [2.24, 2.45) is 0 Å². The Morgan fingerprint density at radius 1 is 1.13 bits per heavy atom. The minimum Gasteiger partial charge on any atom is -0.461 e. The summed E-state index contributed by atoms with van der Waals surface area (Å²) >= 11 is 6.01. The van der Waals surface area contributed by atoms with Gasteiger partial charge in [-0.15, -0.1) is 0 Å². The molecule has 4 nitrogen and oxygen atoms in total. The monoisotopic (exact) mass is 327 g/mol. The zero-order valence-corrected chi connectivity index (χ0v) is 13.2. The number of ether oxygens (including phenoxy) is 1. The molecule has 1 aromatic heterocycles. The molecule has 0 N–H and O–H groups in total. The molecule has 23 heavy (non-hydrogen) atoms. The first-order valence-corrected chi connectivity index (χ1v) is 7.56. The number of hydrogen-bond acceptors (Lipinski definition) is 4. The van der Waals surface area contributed by atoms with Crippen LogP contribution in [0.1, 0.15) is 17.4 Å². The van der Waals surface area contributed by atoms with Gasteiger partial charge < -0.3 is 9.15 Å². The molecule has 1 heterocycles. The van der Waals surface area contributed by atoms with Crippen molar-refractivity contribution in [2.75, 3.05) is 6.61 Å². The van der Waals surface area contributed by atoms with Crippen LogP contribution in [0.5, 0.6) is 0 Å². The summed E-state index contributed by atoms with van der Waals surface area (Å²) < 4.78 is 10.9. The van der Waals surface area contributed by atoms with Gasteiger partial charge in [-0.2, -0.15) is 0 Å². The highest BCUT2D eigenvalue weighted by Crippen LogP contribution is 2.31. The topological polar surface area (TPSA) is 52.3 Å². The summed E-state index contributed by atoms with van der Waals surface area (Å²) in [6, 6.07) is 16.4. The van der Waals surface area contributed by atoms with Gasteiger partial charge in [0.25, 0.3) is 0 Å². The number of aromatic nitrogens is 1. The van der Waals surface area contributed by atoms with Crippen LogP contribution in [0.4, 0.5) is 0 Å². The highest BCUT2D eigenvalue weighted by Gasteiger charge is 2.23. The van der Waals surface area contributed by atoms with Gasteiger partial charge in [-0.25, -0.2) is 9.78 Å². The van der Waals surface area contributed by atoms with E-state index in [9.17, 15) is 4.79 Å². The van der Waals surface area contributed by atoms with Crippen LogP contribution in [-0.4, -0.2) is 17.6 Å². The van der Waals surface area contributed by atoms with E-state index in [-0.39, 0.29) is 12.3 Å². The first-order valence-electron chi connectivity index (χ1n) is 7.18. The minimum atomic E-state index is -0.511. The molecule has 0 bridgehead atoms. The molecule has 0 saturated carbocycles. The van der Waals surface area contributed by atoms with Crippen LogP contribution in [0.25, 0.3) is 22.8 Å². The highest BCUT2D eigenvalue weighted by atomic mass is 35.5. The first-order chi connectivity index (χ1) is 11.2. The van der Waals surface area contributed by atoms with Gasteiger partial charge in [0.15, 0.2) is 11.5 Å². The molecule has 0 atom stereocenters. The maximum absolute atomic E-state index is 12.2. The van der Waals surface area contributed by atoms with E-state index in [1.807, 2.05) is 36.4 Å². The van der Waals surface area contributed by atoms with Crippen molar-refractivity contribution in [2.45, 2.75) is 6.92 Å². The highest BCUT2D eigenvalue weighted by molar-refractivity contribution is 6.30. The number of benzene rings is 2. The van der Waals surface area contributed by atoms with Crippen LogP contribution in [0.3, 0.4) is 0 Å². The largest absolute Gasteiger partial charge is 0.461 e. The zero-order valence-electron chi connectivity index (χ0n) is 12.5. The molecular weight excluding hydrogens is 314 g/mol. The number of carbonyl (C=O) groups is 1. The third kappa shape index (κ3) is 3.27. The number of nitrogens with zero attached hydrogens (tertiary/aromatic N) is 1. The van der Waals surface area contributed by atoms with Crippen LogP contribution in [-0.2, 0) is 4.74 Å². The molecule has 0 radical (unpaired) electrons. The maximum atomic E-state index is 12.2. The number of carbonyl (C=O) groups excluding carboxylic acids is 1. The lowest BCUT2D eigenvalue weighted by Crippen LogP contribution is -2.06. The number of halogens is 1. The second kappa shape index (κ2) is 6.67. The Morgan fingerprint density at radius 3 is 2.57 bits per heavy atom. The number of esters is 1. The fourth-order valence-electron chi connectivity index (χ4n) is 2.19. The molecule has 116 valence electrons. The molecule has 0 aliphatic carbocycles. The average molecular weight is 328 g/mol. The predicted molar refractivity (Wildman–Crippen MR) is 88.3 cm³/mol. The van der Waals surface area contributed by atoms with Gasteiger partial charge in [0.05, 0.1) is 6.61 Å². The van der Waals surface area contributed by atoms with Crippen molar-refractivity contribution >= 4 is 17.6 Å². The Bertz CT molecular complexity index is 827. The van der Waals surface area contributed by atoms with Gasteiger partial charge in [0.2, 0.25) is 5.89 Å². The van der Waals surface area contributed by atoms with Crippen molar-refractivity contribution in [3.05, 3.63) is 65.3 Å². The predicted octanol–water partition coefficient (Wildman–Crippen LogP) is 4.84. The fourth-order valence-corrected chi connectivity index (χ4v) is 2.38. The molecule has 2 aromatic carbocycles. The van der Waals surface area contributed by atoms with Crippen LogP contribution in [0, 0.1) is 0 Å². The Morgan fingerprint density at radius 2 is 1.87 bits per heavy atom. The number of rotatable bonds is 4. The molecule has 0 saturated heterocycles. The van der Waals surface area contributed by atoms with Crippen molar-refractivity contribution in [1.82, 2.24) is 4.98 Å². The Hall–Kier alpha value is -2.59. The molecule has 0 spiro atoms. The molecule has 3 rings (SSSR count). The molecule has 0 amide bonds. The van der Waals surface area contributed by atoms with Crippen LogP contribution in [0.2, 0.25) is 5.02 Å².